The van der Waals surface area contributed by atoms with E-state index in [1.54, 1.807) is 0 Å². The molecule has 0 atom stereocenters. The predicted molar refractivity (Wildman–Crippen MR) is 84.8 cm³/mol. The van der Waals surface area contributed by atoms with Crippen molar-refractivity contribution in [3.05, 3.63) is 41.7 Å². The fourth-order valence-corrected chi connectivity index (χ4v) is 2.11. The molecule has 0 aliphatic carbocycles. The van der Waals surface area contributed by atoms with Gasteiger partial charge in [-0.25, -0.2) is 9.97 Å². The summed E-state index contributed by atoms with van der Waals surface area (Å²) in [5, 5.41) is 3.34. The molecule has 0 saturated heterocycles. The Morgan fingerprint density at radius 1 is 1.00 bits per heavy atom. The van der Waals surface area contributed by atoms with Crippen LogP contribution < -0.4 is 10.2 Å². The summed E-state index contributed by atoms with van der Waals surface area (Å²) in [5.41, 5.74) is 2.29. The van der Waals surface area contributed by atoms with Crippen LogP contribution in [0.3, 0.4) is 0 Å². The van der Waals surface area contributed by atoms with Crippen LogP contribution >= 0.6 is 0 Å². The third-order valence-electron chi connectivity index (χ3n) is 3.24. The van der Waals surface area contributed by atoms with Crippen LogP contribution in [0, 0.1) is 13.8 Å². The molecule has 0 unspecified atom stereocenters. The van der Waals surface area contributed by atoms with Gasteiger partial charge in [0.2, 0.25) is 0 Å². The number of aromatic nitrogens is 2. The average molecular weight is 270 g/mol. The highest BCUT2D eigenvalue weighted by atomic mass is 15.2. The van der Waals surface area contributed by atoms with E-state index in [0.29, 0.717) is 0 Å². The van der Waals surface area contributed by atoms with E-state index in [4.69, 9.17) is 0 Å². The Kier molecular flexibility index (Phi) is 4.56. The topological polar surface area (TPSA) is 41.0 Å². The van der Waals surface area contributed by atoms with Gasteiger partial charge in [0.1, 0.15) is 17.5 Å². The van der Waals surface area contributed by atoms with E-state index in [-0.39, 0.29) is 0 Å². The molecule has 0 radical (unpaired) electrons. The Balaban J connectivity index is 2.25. The third-order valence-corrected chi connectivity index (χ3v) is 3.24. The molecular weight excluding hydrogens is 248 g/mol. The van der Waals surface area contributed by atoms with Crippen LogP contribution in [-0.4, -0.2) is 23.1 Å². The normalized spacial score (nSPS) is 10.4. The maximum absolute atomic E-state index is 4.51. The number of nitrogens with zero attached hydrogens (tertiary/aromatic N) is 3. The first-order valence-electron chi connectivity index (χ1n) is 7.06. The van der Waals surface area contributed by atoms with Crippen molar-refractivity contribution in [3.8, 4) is 0 Å². The van der Waals surface area contributed by atoms with Gasteiger partial charge < -0.3 is 10.2 Å². The van der Waals surface area contributed by atoms with Gasteiger partial charge in [-0.2, -0.15) is 0 Å². The second-order valence-corrected chi connectivity index (χ2v) is 4.82. The van der Waals surface area contributed by atoms with E-state index in [9.17, 15) is 0 Å². The molecule has 1 aromatic heterocycles. The van der Waals surface area contributed by atoms with Crippen molar-refractivity contribution >= 4 is 17.3 Å². The summed E-state index contributed by atoms with van der Waals surface area (Å²) in [6.07, 6.45) is 0. The largest absolute Gasteiger partial charge is 0.357 e. The Morgan fingerprint density at radius 2 is 1.65 bits per heavy atom. The van der Waals surface area contributed by atoms with Gasteiger partial charge in [0.25, 0.3) is 0 Å². The standard InChI is InChI=1S/C16H22N4/c1-5-20(6-2)16-11-15(17-13(4)18-16)19-14-9-7-12(3)8-10-14/h7-11H,5-6H2,1-4H3,(H,17,18,19). The molecule has 0 spiro atoms. The summed E-state index contributed by atoms with van der Waals surface area (Å²) in [6.45, 7) is 10.2. The van der Waals surface area contributed by atoms with Crippen molar-refractivity contribution in [1.82, 2.24) is 9.97 Å². The van der Waals surface area contributed by atoms with Crippen LogP contribution in [0.4, 0.5) is 17.3 Å². The molecule has 0 saturated carbocycles. The summed E-state index contributed by atoms with van der Waals surface area (Å²) >= 11 is 0. The van der Waals surface area contributed by atoms with Crippen LogP contribution in [-0.2, 0) is 0 Å². The summed E-state index contributed by atoms with van der Waals surface area (Å²) in [7, 11) is 0. The average Bonchev–Trinajstić information content (AvgIpc) is 2.42. The van der Waals surface area contributed by atoms with Crippen LogP contribution in [0.1, 0.15) is 25.2 Å². The van der Waals surface area contributed by atoms with Gasteiger partial charge in [-0.05, 0) is 39.8 Å². The highest BCUT2D eigenvalue weighted by Crippen LogP contribution is 2.20. The Labute approximate surface area is 120 Å². The van der Waals surface area contributed by atoms with E-state index in [1.807, 2.05) is 13.0 Å². The Bertz CT molecular complexity index is 559. The lowest BCUT2D eigenvalue weighted by Crippen LogP contribution is -2.23. The molecule has 4 heteroatoms. The second-order valence-electron chi connectivity index (χ2n) is 4.82. The van der Waals surface area contributed by atoms with Crippen molar-refractivity contribution in [2.24, 2.45) is 0 Å². The highest BCUT2D eigenvalue weighted by Gasteiger charge is 2.07. The monoisotopic (exact) mass is 270 g/mol. The summed E-state index contributed by atoms with van der Waals surface area (Å²) in [5.74, 6) is 2.59. The summed E-state index contributed by atoms with van der Waals surface area (Å²) in [4.78, 5) is 11.2. The van der Waals surface area contributed by atoms with Crippen LogP contribution in [0.2, 0.25) is 0 Å². The number of hydrogen-bond acceptors (Lipinski definition) is 4. The lowest BCUT2D eigenvalue weighted by atomic mass is 10.2. The SMILES string of the molecule is CCN(CC)c1cc(Nc2ccc(C)cc2)nc(C)n1. The fourth-order valence-electron chi connectivity index (χ4n) is 2.11. The molecule has 0 bridgehead atoms. The number of aryl methyl sites for hydroxylation is 2. The van der Waals surface area contributed by atoms with Gasteiger partial charge in [0.05, 0.1) is 0 Å². The first-order chi connectivity index (χ1) is 9.62. The van der Waals surface area contributed by atoms with Gasteiger partial charge in [-0.15, -0.1) is 0 Å². The van der Waals surface area contributed by atoms with Crippen molar-refractivity contribution < 1.29 is 0 Å². The van der Waals surface area contributed by atoms with Gasteiger partial charge in [-0.3, -0.25) is 0 Å². The zero-order valence-corrected chi connectivity index (χ0v) is 12.6. The number of anilines is 3. The number of nitrogens with one attached hydrogen (secondary N) is 1. The van der Waals surface area contributed by atoms with Crippen LogP contribution in [0.25, 0.3) is 0 Å². The maximum atomic E-state index is 4.51. The van der Waals surface area contributed by atoms with Gasteiger partial charge >= 0.3 is 0 Å². The lowest BCUT2D eigenvalue weighted by Gasteiger charge is -2.20. The van der Waals surface area contributed by atoms with E-state index >= 15 is 0 Å². The zero-order chi connectivity index (χ0) is 14.5. The minimum Gasteiger partial charge on any atom is -0.357 e. The smallest absolute Gasteiger partial charge is 0.136 e. The maximum Gasteiger partial charge on any atom is 0.136 e. The number of benzene rings is 1. The molecule has 1 heterocycles. The van der Waals surface area contributed by atoms with Crippen molar-refractivity contribution in [2.75, 3.05) is 23.3 Å². The molecular formula is C16H22N4. The lowest BCUT2D eigenvalue weighted by molar-refractivity contribution is 0.835. The molecule has 20 heavy (non-hydrogen) atoms. The molecule has 0 fully saturated rings. The Morgan fingerprint density at radius 3 is 2.25 bits per heavy atom. The van der Waals surface area contributed by atoms with Gasteiger partial charge in [0, 0.05) is 24.8 Å². The van der Waals surface area contributed by atoms with Gasteiger partial charge in [-0.1, -0.05) is 17.7 Å². The quantitative estimate of drug-likeness (QED) is 0.899. The van der Waals surface area contributed by atoms with Crippen LogP contribution in [0.5, 0.6) is 0 Å². The molecule has 1 N–H and O–H groups in total. The van der Waals surface area contributed by atoms with Crippen molar-refractivity contribution in [2.45, 2.75) is 27.7 Å². The first kappa shape index (κ1) is 14.3. The van der Waals surface area contributed by atoms with E-state index in [2.05, 4.69) is 65.2 Å². The molecule has 0 aliphatic heterocycles. The van der Waals surface area contributed by atoms with E-state index in [0.717, 1.165) is 36.2 Å². The number of hydrogen-bond donors (Lipinski definition) is 1. The summed E-state index contributed by atoms with van der Waals surface area (Å²) in [6, 6.07) is 10.3. The second kappa shape index (κ2) is 6.37. The van der Waals surface area contributed by atoms with Crippen molar-refractivity contribution in [3.63, 3.8) is 0 Å². The molecule has 4 nitrogen and oxygen atoms in total. The first-order valence-corrected chi connectivity index (χ1v) is 7.06. The van der Waals surface area contributed by atoms with E-state index < -0.39 is 0 Å². The molecule has 106 valence electrons. The molecule has 1 aromatic carbocycles. The highest BCUT2D eigenvalue weighted by molar-refractivity contribution is 5.59. The molecule has 2 aromatic rings. The van der Waals surface area contributed by atoms with E-state index in [1.165, 1.54) is 5.56 Å². The zero-order valence-electron chi connectivity index (χ0n) is 12.6. The molecule has 0 aliphatic rings. The minimum absolute atomic E-state index is 0.781. The predicted octanol–water partition coefficient (Wildman–Crippen LogP) is 3.68. The summed E-state index contributed by atoms with van der Waals surface area (Å²) < 4.78 is 0. The molecule has 0 amide bonds. The van der Waals surface area contributed by atoms with Crippen LogP contribution in [0.15, 0.2) is 30.3 Å². The Hall–Kier alpha value is -2.10. The number of rotatable bonds is 5. The third kappa shape index (κ3) is 3.47. The van der Waals surface area contributed by atoms with Crippen molar-refractivity contribution in [1.29, 1.82) is 0 Å². The fraction of sp³-hybridized carbons (Fsp3) is 0.375. The van der Waals surface area contributed by atoms with Gasteiger partial charge in [0.15, 0.2) is 0 Å². The minimum atomic E-state index is 0.781. The molecule has 2 rings (SSSR count).